The Balaban J connectivity index is 0.000000137. The number of fused-ring (bicyclic) bond motifs is 8. The molecular weight excluding hydrogens is 1240 g/mol. The summed E-state index contributed by atoms with van der Waals surface area (Å²) < 4.78 is 9.59. The predicted molar refractivity (Wildman–Crippen MR) is 304 cm³/mol. The third-order valence-corrected chi connectivity index (χ3v) is 12.0. The number of aliphatic hydroxyl groups is 1. The van der Waals surface area contributed by atoms with Gasteiger partial charge in [-0.2, -0.15) is 0 Å². The molecule has 2 radical (unpaired) electrons. The molecule has 2 N–H and O–H groups in total. The molecule has 0 saturated carbocycles. The number of carboxylic acid groups (broad SMARTS) is 2. The van der Waals surface area contributed by atoms with Crippen LogP contribution >= 0.6 is 0 Å². The van der Waals surface area contributed by atoms with Crippen molar-refractivity contribution < 1.29 is 78.1 Å². The Morgan fingerprint density at radius 1 is 0.452 bits per heavy atom. The molecule has 0 aliphatic rings. The van der Waals surface area contributed by atoms with Crippen molar-refractivity contribution in [3.8, 4) is 45.9 Å². The van der Waals surface area contributed by atoms with Gasteiger partial charge in [0.15, 0.2) is 6.79 Å². The molecular formula is C62H41N12O8Ru2-. The SMILES string of the molecule is O=C([O-])c1ccnc(-c2cc(OCO)ccn2)c1.O=COc1ccnc(-c2cc(C(=O)O)ccn2)c1.[Ru+].[Ru+].c1ccc2[n-]c(-c3nc4ccccc4[n-]3)nc2c1.c1cnc2c(c1)ccc1cccnc12.c1cnc2c(c1)ccc1cccnc12. The van der Waals surface area contributed by atoms with Crippen LogP contribution in [-0.4, -0.2) is 85.3 Å². The van der Waals surface area contributed by atoms with Gasteiger partial charge in [-0.1, -0.05) is 109 Å². The standard InChI is InChI=1S/C14H8N4.C12H10N2O4.C12H8N2O4.2C12H8N2.2Ru/c1-2-6-10-9(5-1)15-13(16-10)14-17-11-7-3-4-8-12(11)18-14;2*15-7-18-9-2-4-14-11(6-9)10-5-8(12(16)17)1-3-13-10;2*1-3-9-5-6-10-4-2-8-14-12(10)11(9)13-7-1;;/h1-8H;1-6,15H,7H2,(H,16,17);1-7H,(H,16,17);2*1-8H;;/q-2;;;;;2*+1/p-1. The molecule has 0 bridgehead atoms. The largest absolute Gasteiger partial charge is 1.00 e. The number of rotatable bonds is 9. The quantitative estimate of drug-likeness (QED) is 0.0589. The van der Waals surface area contributed by atoms with E-state index in [0.717, 1.165) is 65.7 Å². The Hall–Kier alpha value is -10.5. The summed E-state index contributed by atoms with van der Waals surface area (Å²) in [6, 6.07) is 51.5. The van der Waals surface area contributed by atoms with Crippen LogP contribution in [0.1, 0.15) is 20.7 Å². The smallest absolute Gasteiger partial charge is 0.545 e. The number of imidazole rings is 2. The van der Waals surface area contributed by atoms with Crippen molar-refractivity contribution >= 4 is 84.1 Å². The van der Waals surface area contributed by atoms with Crippen molar-refractivity contribution in [2.45, 2.75) is 0 Å². The molecule has 14 rings (SSSR count). The molecule has 0 aliphatic carbocycles. The Kier molecular flexibility index (Phi) is 20.4. The van der Waals surface area contributed by atoms with E-state index in [1.54, 1.807) is 36.9 Å². The van der Waals surface area contributed by atoms with Crippen molar-refractivity contribution in [2.24, 2.45) is 0 Å². The first kappa shape index (κ1) is 59.6. The van der Waals surface area contributed by atoms with Crippen molar-refractivity contribution in [3.63, 3.8) is 0 Å². The zero-order valence-corrected chi connectivity index (χ0v) is 47.0. The molecule has 20 nitrogen and oxygen atoms in total. The average Bonchev–Trinajstić information content (AvgIpc) is 4.30. The van der Waals surface area contributed by atoms with Crippen LogP contribution in [-0.2, 0) is 43.8 Å². The number of pyridine rings is 8. The van der Waals surface area contributed by atoms with Gasteiger partial charge in [-0.05, 0) is 82.7 Å². The molecule has 22 heteroatoms. The molecule has 10 aromatic heterocycles. The summed E-state index contributed by atoms with van der Waals surface area (Å²) in [6.45, 7) is -0.143. The summed E-state index contributed by atoms with van der Waals surface area (Å²) in [7, 11) is 0. The Morgan fingerprint density at radius 3 is 1.24 bits per heavy atom. The topological polar surface area (TPSA) is 290 Å². The van der Waals surface area contributed by atoms with E-state index in [0.29, 0.717) is 52.4 Å². The third kappa shape index (κ3) is 14.7. The van der Waals surface area contributed by atoms with Gasteiger partial charge in [0.05, 0.1) is 56.4 Å². The van der Waals surface area contributed by atoms with Crippen molar-refractivity contribution in [1.29, 1.82) is 0 Å². The van der Waals surface area contributed by atoms with Crippen LogP contribution in [0.2, 0.25) is 0 Å². The Bertz CT molecular complexity index is 4210. The minimum Gasteiger partial charge on any atom is -0.545 e. The van der Waals surface area contributed by atoms with E-state index in [1.807, 2.05) is 72.8 Å². The zero-order chi connectivity index (χ0) is 56.6. The predicted octanol–water partition coefficient (Wildman–Crippen LogP) is 9.14. The van der Waals surface area contributed by atoms with Gasteiger partial charge in [0.25, 0.3) is 6.47 Å². The van der Waals surface area contributed by atoms with Crippen LogP contribution in [0.15, 0.2) is 219 Å². The van der Waals surface area contributed by atoms with Gasteiger partial charge >= 0.3 is 44.9 Å². The zero-order valence-electron chi connectivity index (χ0n) is 43.5. The number of para-hydroxylation sites is 4. The monoisotopic (exact) mass is 1290 g/mol. The summed E-state index contributed by atoms with van der Waals surface area (Å²) >= 11 is 0. The van der Waals surface area contributed by atoms with Gasteiger partial charge in [-0.15, -0.1) is 0 Å². The summed E-state index contributed by atoms with van der Waals surface area (Å²) in [4.78, 5) is 83.1. The first-order chi connectivity index (χ1) is 40.2. The van der Waals surface area contributed by atoms with E-state index in [1.165, 1.54) is 61.2 Å². The summed E-state index contributed by atoms with van der Waals surface area (Å²) in [5.74, 6) is -0.402. The number of carboxylic acids is 2. The molecule has 0 amide bonds. The van der Waals surface area contributed by atoms with Gasteiger partial charge in [0.1, 0.15) is 11.5 Å². The maximum Gasteiger partial charge on any atom is 1.00 e. The number of ether oxygens (including phenoxy) is 2. The minimum atomic E-state index is -1.28. The van der Waals surface area contributed by atoms with Crippen LogP contribution in [0.4, 0.5) is 0 Å². The average molecular weight is 1280 g/mol. The number of hydrogen-bond acceptors (Lipinski definition) is 17. The van der Waals surface area contributed by atoms with E-state index in [-0.39, 0.29) is 50.1 Å². The van der Waals surface area contributed by atoms with Crippen LogP contribution < -0.4 is 24.5 Å². The second-order valence-electron chi connectivity index (χ2n) is 17.2. The van der Waals surface area contributed by atoms with Gasteiger partial charge in [0.2, 0.25) is 0 Å². The first-order valence-electron chi connectivity index (χ1n) is 24.8. The van der Waals surface area contributed by atoms with Crippen molar-refractivity contribution in [1.82, 2.24) is 59.8 Å². The molecule has 4 aromatic carbocycles. The minimum absolute atomic E-state index is 0. The number of carbonyl (C=O) groups excluding carboxylic acids is 2. The number of nitrogens with zero attached hydrogens (tertiary/aromatic N) is 12. The number of benzene rings is 4. The fourth-order valence-electron chi connectivity index (χ4n) is 8.17. The molecule has 0 unspecified atom stereocenters. The maximum atomic E-state index is 10.8. The molecule has 0 aliphatic heterocycles. The maximum absolute atomic E-state index is 10.8. The number of aromatic nitrogens is 12. The van der Waals surface area contributed by atoms with Crippen LogP contribution in [0.5, 0.6) is 11.5 Å². The van der Waals surface area contributed by atoms with Crippen molar-refractivity contribution in [2.75, 3.05) is 6.79 Å². The molecule has 0 saturated heterocycles. The van der Waals surface area contributed by atoms with Crippen LogP contribution in [0.3, 0.4) is 0 Å². The second kappa shape index (κ2) is 28.8. The number of hydrogen-bond donors (Lipinski definition) is 2. The van der Waals surface area contributed by atoms with Gasteiger partial charge in [-0.3, -0.25) is 44.7 Å². The fraction of sp³-hybridized carbons (Fsp3) is 0.0161. The Labute approximate surface area is 502 Å². The molecule has 14 aromatic rings. The molecule has 0 atom stereocenters. The first-order valence-corrected chi connectivity index (χ1v) is 24.8. The molecule has 10 heterocycles. The molecule has 414 valence electrons. The summed E-state index contributed by atoms with van der Waals surface area (Å²) in [5, 5.41) is 32.8. The summed E-state index contributed by atoms with van der Waals surface area (Å²) in [6.07, 6.45) is 12.9. The van der Waals surface area contributed by atoms with E-state index < -0.39 is 18.7 Å². The van der Waals surface area contributed by atoms with Gasteiger partial charge < -0.3 is 49.5 Å². The van der Waals surface area contributed by atoms with Gasteiger partial charge in [0, 0.05) is 88.8 Å². The van der Waals surface area contributed by atoms with E-state index >= 15 is 0 Å². The molecule has 84 heavy (non-hydrogen) atoms. The number of aliphatic hydroxyl groups excluding tert-OH is 1. The van der Waals surface area contributed by atoms with Crippen molar-refractivity contribution in [3.05, 3.63) is 231 Å². The molecule has 0 fully saturated rings. The second-order valence-corrected chi connectivity index (χ2v) is 17.2. The Morgan fingerprint density at radius 2 is 0.833 bits per heavy atom. The molecule has 0 spiro atoms. The fourth-order valence-corrected chi connectivity index (χ4v) is 8.17. The van der Waals surface area contributed by atoms with Crippen LogP contribution in [0, 0.1) is 0 Å². The van der Waals surface area contributed by atoms with E-state index in [2.05, 4.69) is 113 Å². The van der Waals surface area contributed by atoms with E-state index in [9.17, 15) is 19.5 Å². The number of aromatic carboxylic acids is 2. The third-order valence-electron chi connectivity index (χ3n) is 12.0. The van der Waals surface area contributed by atoms with Crippen LogP contribution in [0.25, 0.3) is 100 Å². The normalized spacial score (nSPS) is 10.3. The van der Waals surface area contributed by atoms with E-state index in [4.69, 9.17) is 14.9 Å². The number of carbonyl (C=O) groups is 3. The summed E-state index contributed by atoms with van der Waals surface area (Å²) in [5.41, 5.74) is 9.21. The van der Waals surface area contributed by atoms with Gasteiger partial charge in [-0.25, -0.2) is 4.79 Å².